The van der Waals surface area contributed by atoms with Crippen molar-refractivity contribution in [3.05, 3.63) is 77.6 Å². The number of carbonyl (C=O) groups excluding carboxylic acids is 1. The van der Waals surface area contributed by atoms with Gasteiger partial charge in [-0.15, -0.1) is 0 Å². The number of fused-ring (bicyclic) bond motifs is 1. The number of carbonyl (C=O) groups is 1. The van der Waals surface area contributed by atoms with Crippen molar-refractivity contribution in [2.45, 2.75) is 26.0 Å². The highest BCUT2D eigenvalue weighted by Crippen LogP contribution is 2.25. The Labute approximate surface area is 146 Å². The zero-order chi connectivity index (χ0) is 17.1. The summed E-state index contributed by atoms with van der Waals surface area (Å²) in [4.78, 5) is 12.4. The summed E-state index contributed by atoms with van der Waals surface area (Å²) in [6.07, 6.45) is 5.15. The van der Waals surface area contributed by atoms with Gasteiger partial charge in [0.2, 0.25) is 0 Å². The molecule has 0 radical (unpaired) electrons. The summed E-state index contributed by atoms with van der Waals surface area (Å²) in [5.41, 5.74) is 3.91. The lowest BCUT2D eigenvalue weighted by atomic mass is 10.1. The van der Waals surface area contributed by atoms with Crippen LogP contribution in [0, 0.1) is 0 Å². The molecule has 2 aromatic carbocycles. The first-order valence-corrected chi connectivity index (χ1v) is 8.42. The summed E-state index contributed by atoms with van der Waals surface area (Å²) >= 11 is 0. The standard InChI is InChI=1S/C20H19N3O2/c24-20(21-17-10-9-15-5-4-6-16(15)13-17)19-11-12-23(22-19)14-25-18-7-2-1-3-8-18/h1-3,7-13H,4-6,14H2,(H,21,24). The van der Waals surface area contributed by atoms with Gasteiger partial charge in [-0.05, 0) is 60.7 Å². The fourth-order valence-corrected chi connectivity index (χ4v) is 3.06. The third-order valence-electron chi connectivity index (χ3n) is 4.34. The van der Waals surface area contributed by atoms with Crippen LogP contribution in [0.3, 0.4) is 0 Å². The van der Waals surface area contributed by atoms with E-state index in [2.05, 4.69) is 22.5 Å². The van der Waals surface area contributed by atoms with Crippen molar-refractivity contribution in [1.82, 2.24) is 9.78 Å². The number of nitrogens with zero attached hydrogens (tertiary/aromatic N) is 2. The highest BCUT2D eigenvalue weighted by atomic mass is 16.5. The van der Waals surface area contributed by atoms with Crippen LogP contribution in [-0.2, 0) is 19.6 Å². The van der Waals surface area contributed by atoms with Crippen LogP contribution in [0.15, 0.2) is 60.8 Å². The number of aryl methyl sites for hydroxylation is 2. The van der Waals surface area contributed by atoms with Crippen molar-refractivity contribution in [1.29, 1.82) is 0 Å². The number of para-hydroxylation sites is 1. The lowest BCUT2D eigenvalue weighted by molar-refractivity contribution is 0.102. The van der Waals surface area contributed by atoms with Crippen molar-refractivity contribution >= 4 is 11.6 Å². The quantitative estimate of drug-likeness (QED) is 0.775. The molecule has 1 amide bonds. The van der Waals surface area contributed by atoms with Gasteiger partial charge in [0.05, 0.1) is 0 Å². The third kappa shape index (κ3) is 3.55. The summed E-state index contributed by atoms with van der Waals surface area (Å²) in [5, 5.41) is 7.19. The van der Waals surface area contributed by atoms with Crippen molar-refractivity contribution in [3.63, 3.8) is 0 Å². The Morgan fingerprint density at radius 2 is 1.92 bits per heavy atom. The van der Waals surface area contributed by atoms with Crippen LogP contribution in [0.2, 0.25) is 0 Å². The van der Waals surface area contributed by atoms with Gasteiger partial charge in [-0.25, -0.2) is 4.68 Å². The molecule has 1 aliphatic carbocycles. The lowest BCUT2D eigenvalue weighted by Crippen LogP contribution is -2.14. The van der Waals surface area contributed by atoms with E-state index in [1.165, 1.54) is 17.5 Å². The molecule has 5 heteroatoms. The minimum atomic E-state index is -0.212. The van der Waals surface area contributed by atoms with Crippen LogP contribution in [0.25, 0.3) is 0 Å². The topological polar surface area (TPSA) is 56.2 Å². The molecular weight excluding hydrogens is 314 g/mol. The number of rotatable bonds is 5. The van der Waals surface area contributed by atoms with Gasteiger partial charge in [-0.2, -0.15) is 5.10 Å². The predicted octanol–water partition coefficient (Wildman–Crippen LogP) is 3.66. The average Bonchev–Trinajstić information content (AvgIpc) is 3.30. The van der Waals surface area contributed by atoms with E-state index in [1.54, 1.807) is 16.9 Å². The highest BCUT2D eigenvalue weighted by molar-refractivity contribution is 6.02. The minimum absolute atomic E-state index is 0.212. The maximum absolute atomic E-state index is 12.4. The van der Waals surface area contributed by atoms with Crippen LogP contribution < -0.4 is 10.1 Å². The molecule has 0 saturated heterocycles. The maximum atomic E-state index is 12.4. The van der Waals surface area contributed by atoms with Gasteiger partial charge in [-0.3, -0.25) is 4.79 Å². The summed E-state index contributed by atoms with van der Waals surface area (Å²) in [6.45, 7) is 0.260. The first-order chi connectivity index (χ1) is 12.3. The number of aromatic nitrogens is 2. The highest BCUT2D eigenvalue weighted by Gasteiger charge is 2.14. The number of hydrogen-bond donors (Lipinski definition) is 1. The first-order valence-electron chi connectivity index (χ1n) is 8.42. The molecule has 0 spiro atoms. The second-order valence-corrected chi connectivity index (χ2v) is 6.12. The van der Waals surface area contributed by atoms with Gasteiger partial charge < -0.3 is 10.1 Å². The van der Waals surface area contributed by atoms with Gasteiger partial charge in [0.25, 0.3) is 5.91 Å². The fourth-order valence-electron chi connectivity index (χ4n) is 3.06. The molecule has 0 fully saturated rings. The Kier molecular flexibility index (Phi) is 4.21. The molecular formula is C20H19N3O2. The van der Waals surface area contributed by atoms with E-state index in [1.807, 2.05) is 36.4 Å². The summed E-state index contributed by atoms with van der Waals surface area (Å²) in [5.74, 6) is 0.554. The number of anilines is 1. The molecule has 5 nitrogen and oxygen atoms in total. The molecule has 0 bridgehead atoms. The molecule has 0 atom stereocenters. The van der Waals surface area contributed by atoms with E-state index in [0.717, 1.165) is 24.3 Å². The SMILES string of the molecule is O=C(Nc1ccc2c(c1)CCC2)c1ccn(COc2ccccc2)n1. The second kappa shape index (κ2) is 6.81. The van der Waals surface area contributed by atoms with Crippen molar-refractivity contribution in [3.8, 4) is 5.75 Å². The van der Waals surface area contributed by atoms with Crippen molar-refractivity contribution in [2.24, 2.45) is 0 Å². The van der Waals surface area contributed by atoms with Gasteiger partial charge >= 0.3 is 0 Å². The lowest BCUT2D eigenvalue weighted by Gasteiger charge is -2.07. The van der Waals surface area contributed by atoms with Crippen molar-refractivity contribution < 1.29 is 9.53 Å². The van der Waals surface area contributed by atoms with E-state index in [0.29, 0.717) is 5.69 Å². The Morgan fingerprint density at radius 1 is 1.08 bits per heavy atom. The summed E-state index contributed by atoms with van der Waals surface area (Å²) in [6, 6.07) is 17.3. The normalized spacial score (nSPS) is 12.6. The molecule has 1 N–H and O–H groups in total. The van der Waals surface area contributed by atoms with Crippen LogP contribution >= 0.6 is 0 Å². The molecule has 1 aliphatic rings. The smallest absolute Gasteiger partial charge is 0.276 e. The Balaban J connectivity index is 1.38. The van der Waals surface area contributed by atoms with Crippen LogP contribution in [0.4, 0.5) is 5.69 Å². The largest absolute Gasteiger partial charge is 0.471 e. The summed E-state index contributed by atoms with van der Waals surface area (Å²) < 4.78 is 7.22. The zero-order valence-corrected chi connectivity index (χ0v) is 13.8. The van der Waals surface area contributed by atoms with Gasteiger partial charge in [0.1, 0.15) is 5.75 Å². The number of amides is 1. The van der Waals surface area contributed by atoms with Gasteiger partial charge in [-0.1, -0.05) is 24.3 Å². The van der Waals surface area contributed by atoms with Crippen LogP contribution in [0.1, 0.15) is 28.0 Å². The van der Waals surface area contributed by atoms with Crippen LogP contribution in [0.5, 0.6) is 5.75 Å². The van der Waals surface area contributed by atoms with E-state index in [-0.39, 0.29) is 12.6 Å². The molecule has 0 saturated carbocycles. The fraction of sp³-hybridized carbons (Fsp3) is 0.200. The van der Waals surface area contributed by atoms with Crippen LogP contribution in [-0.4, -0.2) is 15.7 Å². The first kappa shape index (κ1) is 15.4. The molecule has 3 aromatic rings. The predicted molar refractivity (Wildman–Crippen MR) is 95.7 cm³/mol. The van der Waals surface area contributed by atoms with Gasteiger partial charge in [0, 0.05) is 11.9 Å². The monoisotopic (exact) mass is 333 g/mol. The summed E-state index contributed by atoms with van der Waals surface area (Å²) in [7, 11) is 0. The molecule has 25 heavy (non-hydrogen) atoms. The Bertz CT molecular complexity index is 887. The molecule has 0 aliphatic heterocycles. The van der Waals surface area contributed by atoms with E-state index < -0.39 is 0 Å². The minimum Gasteiger partial charge on any atom is -0.471 e. The molecule has 1 heterocycles. The number of nitrogens with one attached hydrogen (secondary N) is 1. The number of benzene rings is 2. The Hall–Kier alpha value is -3.08. The molecule has 126 valence electrons. The number of ether oxygens (including phenoxy) is 1. The van der Waals surface area contributed by atoms with Gasteiger partial charge in [0.15, 0.2) is 12.4 Å². The molecule has 0 unspecified atom stereocenters. The maximum Gasteiger partial charge on any atom is 0.276 e. The Morgan fingerprint density at radius 3 is 2.80 bits per heavy atom. The number of hydrogen-bond acceptors (Lipinski definition) is 3. The third-order valence-corrected chi connectivity index (χ3v) is 4.34. The zero-order valence-electron chi connectivity index (χ0n) is 13.8. The second-order valence-electron chi connectivity index (χ2n) is 6.12. The molecule has 1 aromatic heterocycles. The molecule has 4 rings (SSSR count). The van der Waals surface area contributed by atoms with E-state index in [9.17, 15) is 4.79 Å². The van der Waals surface area contributed by atoms with Crippen molar-refractivity contribution in [2.75, 3.05) is 5.32 Å². The van der Waals surface area contributed by atoms with E-state index in [4.69, 9.17) is 4.74 Å². The average molecular weight is 333 g/mol. The van der Waals surface area contributed by atoms with E-state index >= 15 is 0 Å².